The maximum Gasteiger partial charge on any atom is 0.289 e. The summed E-state index contributed by atoms with van der Waals surface area (Å²) >= 11 is 1.65. The van der Waals surface area contributed by atoms with Gasteiger partial charge in [-0.15, -0.1) is 0 Å². The molecule has 2 atom stereocenters. The van der Waals surface area contributed by atoms with Crippen molar-refractivity contribution < 1.29 is 19.1 Å². The van der Waals surface area contributed by atoms with Crippen molar-refractivity contribution in [1.82, 2.24) is 4.90 Å². The summed E-state index contributed by atoms with van der Waals surface area (Å²) in [5.41, 5.74) is 0. The lowest BCUT2D eigenvalue weighted by molar-refractivity contribution is -0.0863. The number of amides is 1. The van der Waals surface area contributed by atoms with E-state index in [1.807, 2.05) is 19.2 Å². The fourth-order valence-electron chi connectivity index (χ4n) is 2.18. The molecule has 2 unspecified atom stereocenters. The average Bonchev–Trinajstić information content (AvgIpc) is 2.86. The fourth-order valence-corrected chi connectivity index (χ4v) is 2.62. The summed E-state index contributed by atoms with van der Waals surface area (Å²) in [4.78, 5) is 14.0. The Bertz CT molecular complexity index is 434. The van der Waals surface area contributed by atoms with Crippen LogP contribution in [0.2, 0.25) is 0 Å². The Morgan fingerprint density at radius 1 is 1.53 bits per heavy atom. The zero-order valence-electron chi connectivity index (χ0n) is 11.2. The predicted octanol–water partition coefficient (Wildman–Crippen LogP) is 1.36. The number of hydrogen-bond acceptors (Lipinski definition) is 5. The number of hydrogen-bond donors (Lipinski definition) is 1. The zero-order valence-corrected chi connectivity index (χ0v) is 12.0. The van der Waals surface area contributed by atoms with Gasteiger partial charge >= 0.3 is 0 Å². The maximum atomic E-state index is 12.3. The fraction of sp³-hybridized carbons (Fsp3) is 0.615. The van der Waals surface area contributed by atoms with Crippen LogP contribution in [0.4, 0.5) is 0 Å². The van der Waals surface area contributed by atoms with E-state index in [9.17, 15) is 4.79 Å². The Kier molecular flexibility index (Phi) is 4.90. The summed E-state index contributed by atoms with van der Waals surface area (Å²) < 4.78 is 11.0. The van der Waals surface area contributed by atoms with Gasteiger partial charge in [0, 0.05) is 13.1 Å². The quantitative estimate of drug-likeness (QED) is 0.905. The third-order valence-corrected chi connectivity index (χ3v) is 3.55. The molecule has 1 saturated heterocycles. The lowest BCUT2D eigenvalue weighted by Gasteiger charge is -2.35. The molecular weight excluding hydrogens is 266 g/mol. The van der Waals surface area contributed by atoms with Gasteiger partial charge in [-0.2, -0.15) is 11.8 Å². The zero-order chi connectivity index (χ0) is 13.8. The minimum atomic E-state index is -0.312. The van der Waals surface area contributed by atoms with Crippen molar-refractivity contribution in [3.63, 3.8) is 0 Å². The minimum absolute atomic E-state index is 0.0736. The monoisotopic (exact) mass is 285 g/mol. The molecule has 1 amide bonds. The summed E-state index contributed by atoms with van der Waals surface area (Å²) in [7, 11) is 0. The Balaban J connectivity index is 2.05. The van der Waals surface area contributed by atoms with E-state index < -0.39 is 0 Å². The standard InChI is InChI=1S/C13H19NO4S/c1-9-5-14(6-11(7-15)17-9)13(16)12-4-3-10(18-12)8-19-2/h3-4,9,11,15H,5-8H2,1-2H3. The first-order valence-electron chi connectivity index (χ1n) is 6.27. The van der Waals surface area contributed by atoms with E-state index in [2.05, 4.69) is 0 Å². The van der Waals surface area contributed by atoms with Crippen LogP contribution < -0.4 is 0 Å². The van der Waals surface area contributed by atoms with Crippen molar-refractivity contribution in [1.29, 1.82) is 0 Å². The second-order valence-corrected chi connectivity index (χ2v) is 5.53. The van der Waals surface area contributed by atoms with Crippen molar-refractivity contribution in [2.24, 2.45) is 0 Å². The van der Waals surface area contributed by atoms with Crippen LogP contribution in [0.3, 0.4) is 0 Å². The predicted molar refractivity (Wildman–Crippen MR) is 73.3 cm³/mol. The first-order chi connectivity index (χ1) is 9.13. The number of carbonyl (C=O) groups excluding carboxylic acids is 1. The van der Waals surface area contributed by atoms with Crippen molar-refractivity contribution in [2.75, 3.05) is 26.0 Å². The third-order valence-electron chi connectivity index (χ3n) is 2.98. The summed E-state index contributed by atoms with van der Waals surface area (Å²) in [6.45, 7) is 2.74. The molecule has 0 aromatic carbocycles. The number of nitrogens with zero attached hydrogens (tertiary/aromatic N) is 1. The highest BCUT2D eigenvalue weighted by Crippen LogP contribution is 2.18. The minimum Gasteiger partial charge on any atom is -0.455 e. The molecule has 1 aliphatic heterocycles. The molecule has 2 rings (SSSR count). The Hall–Kier alpha value is -0.980. The van der Waals surface area contributed by atoms with E-state index in [0.717, 1.165) is 11.5 Å². The highest BCUT2D eigenvalue weighted by Gasteiger charge is 2.29. The first-order valence-corrected chi connectivity index (χ1v) is 7.66. The topological polar surface area (TPSA) is 62.9 Å². The number of aliphatic hydroxyl groups is 1. The first kappa shape index (κ1) is 14.4. The molecule has 0 spiro atoms. The van der Waals surface area contributed by atoms with E-state index in [1.54, 1.807) is 22.7 Å². The lowest BCUT2D eigenvalue weighted by Crippen LogP contribution is -2.50. The number of rotatable bonds is 4. The number of carbonyl (C=O) groups is 1. The van der Waals surface area contributed by atoms with E-state index in [0.29, 0.717) is 18.8 Å². The molecule has 0 bridgehead atoms. The maximum absolute atomic E-state index is 12.3. The summed E-state index contributed by atoms with van der Waals surface area (Å²) in [6, 6.07) is 3.54. The molecular formula is C13H19NO4S. The van der Waals surface area contributed by atoms with Gasteiger partial charge in [-0.3, -0.25) is 4.79 Å². The smallest absolute Gasteiger partial charge is 0.289 e. The van der Waals surface area contributed by atoms with E-state index in [-0.39, 0.29) is 24.7 Å². The summed E-state index contributed by atoms with van der Waals surface area (Å²) in [5, 5.41) is 9.16. The van der Waals surface area contributed by atoms with Crippen LogP contribution in [0.1, 0.15) is 23.2 Å². The van der Waals surface area contributed by atoms with Gasteiger partial charge in [-0.1, -0.05) is 0 Å². The molecule has 2 heterocycles. The molecule has 1 aromatic heterocycles. The summed E-state index contributed by atoms with van der Waals surface area (Å²) in [6.07, 6.45) is 1.60. The van der Waals surface area contributed by atoms with Gasteiger partial charge in [-0.05, 0) is 25.3 Å². The third kappa shape index (κ3) is 3.52. The van der Waals surface area contributed by atoms with Gasteiger partial charge in [0.25, 0.3) is 5.91 Å². The van der Waals surface area contributed by atoms with Crippen LogP contribution in [-0.2, 0) is 10.5 Å². The Morgan fingerprint density at radius 3 is 3.00 bits per heavy atom. The molecule has 106 valence electrons. The lowest BCUT2D eigenvalue weighted by atomic mass is 10.2. The van der Waals surface area contributed by atoms with Crippen LogP contribution in [-0.4, -0.2) is 54.1 Å². The van der Waals surface area contributed by atoms with Crippen LogP contribution in [0, 0.1) is 0 Å². The van der Waals surface area contributed by atoms with Gasteiger partial charge in [-0.25, -0.2) is 0 Å². The van der Waals surface area contributed by atoms with Crippen LogP contribution in [0.5, 0.6) is 0 Å². The van der Waals surface area contributed by atoms with Crippen molar-refractivity contribution in [3.05, 3.63) is 23.7 Å². The highest BCUT2D eigenvalue weighted by molar-refractivity contribution is 7.97. The van der Waals surface area contributed by atoms with Gasteiger partial charge in [0.2, 0.25) is 0 Å². The normalized spacial score (nSPS) is 23.6. The van der Waals surface area contributed by atoms with Gasteiger partial charge < -0.3 is 19.2 Å². The second-order valence-electron chi connectivity index (χ2n) is 4.66. The number of morpholine rings is 1. The van der Waals surface area contributed by atoms with Crippen molar-refractivity contribution in [3.8, 4) is 0 Å². The molecule has 0 aliphatic carbocycles. The number of aliphatic hydroxyl groups excluding tert-OH is 1. The molecule has 5 nitrogen and oxygen atoms in total. The SMILES string of the molecule is CSCc1ccc(C(=O)N2CC(C)OC(CO)C2)o1. The largest absolute Gasteiger partial charge is 0.455 e. The van der Waals surface area contributed by atoms with Gasteiger partial charge in [0.15, 0.2) is 5.76 Å². The van der Waals surface area contributed by atoms with Gasteiger partial charge in [0.1, 0.15) is 5.76 Å². The molecule has 0 radical (unpaired) electrons. The van der Waals surface area contributed by atoms with E-state index in [4.69, 9.17) is 14.3 Å². The molecule has 1 N–H and O–H groups in total. The molecule has 0 saturated carbocycles. The number of ether oxygens (including phenoxy) is 1. The van der Waals surface area contributed by atoms with Crippen molar-refractivity contribution in [2.45, 2.75) is 24.9 Å². The Labute approximate surface area is 116 Å². The average molecular weight is 285 g/mol. The van der Waals surface area contributed by atoms with E-state index >= 15 is 0 Å². The van der Waals surface area contributed by atoms with Crippen LogP contribution in [0.25, 0.3) is 0 Å². The van der Waals surface area contributed by atoms with Crippen molar-refractivity contribution >= 4 is 17.7 Å². The van der Waals surface area contributed by atoms with Crippen LogP contribution in [0.15, 0.2) is 16.5 Å². The molecule has 19 heavy (non-hydrogen) atoms. The summed E-state index contributed by atoms with van der Waals surface area (Å²) in [5.74, 6) is 1.78. The molecule has 1 fully saturated rings. The second kappa shape index (κ2) is 6.45. The van der Waals surface area contributed by atoms with Crippen LogP contribution >= 0.6 is 11.8 Å². The Morgan fingerprint density at radius 2 is 2.32 bits per heavy atom. The van der Waals surface area contributed by atoms with E-state index in [1.165, 1.54) is 0 Å². The molecule has 6 heteroatoms. The number of thioether (sulfide) groups is 1. The number of furan rings is 1. The van der Waals surface area contributed by atoms with Gasteiger partial charge in [0.05, 0.1) is 24.6 Å². The molecule has 1 aromatic rings. The highest BCUT2D eigenvalue weighted by atomic mass is 32.2. The molecule has 1 aliphatic rings.